The van der Waals surface area contributed by atoms with Crippen molar-refractivity contribution < 1.29 is 15.0 Å². The summed E-state index contributed by atoms with van der Waals surface area (Å²) < 4.78 is 0. The van der Waals surface area contributed by atoms with E-state index in [1.54, 1.807) is 0 Å². The number of H-pyrrole nitrogens is 2. The Bertz CT molecular complexity index is 700. The number of carbonyl (C=O) groups is 1. The van der Waals surface area contributed by atoms with Gasteiger partial charge in [-0.2, -0.15) is 4.98 Å². The van der Waals surface area contributed by atoms with E-state index in [1.165, 1.54) is 0 Å². The van der Waals surface area contributed by atoms with Crippen LogP contribution in [0.4, 0.5) is 0 Å². The van der Waals surface area contributed by atoms with Crippen molar-refractivity contribution in [2.45, 2.75) is 0 Å². The van der Waals surface area contributed by atoms with Gasteiger partial charge in [-0.15, -0.1) is 0 Å². The maximum Gasteiger partial charge on any atom is 0.360 e. The highest BCUT2D eigenvalue weighted by Crippen LogP contribution is 2.12. The van der Waals surface area contributed by atoms with E-state index in [0.29, 0.717) is 0 Å². The molecule has 2 aromatic heterocycles. The van der Waals surface area contributed by atoms with Gasteiger partial charge in [0, 0.05) is 0 Å². The quantitative estimate of drug-likeness (QED) is 0.456. The van der Waals surface area contributed by atoms with Crippen LogP contribution in [-0.4, -0.2) is 36.1 Å². The first kappa shape index (κ1) is 9.83. The number of aromatic hydroxyl groups is 1. The van der Waals surface area contributed by atoms with Crippen molar-refractivity contribution >= 4 is 17.1 Å². The molecular formula is C7H4N4O5. The van der Waals surface area contributed by atoms with E-state index in [4.69, 9.17) is 5.11 Å². The average molecular weight is 224 g/mol. The molecule has 0 atom stereocenters. The second kappa shape index (κ2) is 3.15. The fourth-order valence-electron chi connectivity index (χ4n) is 1.12. The zero-order valence-corrected chi connectivity index (χ0v) is 7.51. The van der Waals surface area contributed by atoms with E-state index >= 15 is 0 Å². The van der Waals surface area contributed by atoms with Crippen LogP contribution in [0.25, 0.3) is 11.2 Å². The summed E-state index contributed by atoms with van der Waals surface area (Å²) in [7, 11) is 0. The maximum absolute atomic E-state index is 11.2. The van der Waals surface area contributed by atoms with Gasteiger partial charge in [0.1, 0.15) is 0 Å². The molecule has 9 nitrogen and oxygen atoms in total. The minimum absolute atomic E-state index is 0.281. The molecule has 0 saturated heterocycles. The molecule has 2 heterocycles. The second-order valence-corrected chi connectivity index (χ2v) is 2.81. The van der Waals surface area contributed by atoms with Crippen molar-refractivity contribution in [1.29, 1.82) is 0 Å². The molecule has 4 N–H and O–H groups in total. The predicted octanol–water partition coefficient (Wildman–Crippen LogP) is -1.59. The number of hydrogen-bond acceptors (Lipinski definition) is 6. The monoisotopic (exact) mass is 224 g/mol. The van der Waals surface area contributed by atoms with Crippen molar-refractivity contribution in [2.75, 3.05) is 0 Å². The molecule has 2 rings (SSSR count). The van der Waals surface area contributed by atoms with Crippen molar-refractivity contribution in [3.63, 3.8) is 0 Å². The van der Waals surface area contributed by atoms with Gasteiger partial charge in [0.25, 0.3) is 5.56 Å². The Morgan fingerprint density at radius 2 is 1.88 bits per heavy atom. The fraction of sp³-hybridized carbons (Fsp3) is 0. The molecule has 0 saturated carbocycles. The Morgan fingerprint density at radius 1 is 1.19 bits per heavy atom. The molecule has 2 aromatic rings. The van der Waals surface area contributed by atoms with Gasteiger partial charge in [0.05, 0.1) is 0 Å². The standard InChI is InChI=1S/C7H4N4O5/c12-4-1-3(10-7(16)11-4)9-5(13)2(8-1)6(14)15/h(H,14,15)(H3,9,10,11,12,13,16). The number of aromatic carboxylic acids is 1. The van der Waals surface area contributed by atoms with Crippen molar-refractivity contribution in [3.05, 3.63) is 26.5 Å². The normalized spacial score (nSPS) is 10.5. The molecule has 0 amide bonds. The molecule has 0 bridgehead atoms. The summed E-state index contributed by atoms with van der Waals surface area (Å²) in [6.45, 7) is 0. The van der Waals surface area contributed by atoms with E-state index < -0.39 is 28.8 Å². The highest BCUT2D eigenvalue weighted by molar-refractivity contribution is 5.89. The summed E-state index contributed by atoms with van der Waals surface area (Å²) >= 11 is 0. The largest absolute Gasteiger partial charge is 0.491 e. The molecular weight excluding hydrogens is 220 g/mol. The number of nitrogens with zero attached hydrogens (tertiary/aromatic N) is 2. The van der Waals surface area contributed by atoms with Gasteiger partial charge in [0.2, 0.25) is 11.6 Å². The first-order valence-corrected chi connectivity index (χ1v) is 3.95. The molecule has 0 radical (unpaired) electrons. The Morgan fingerprint density at radius 3 is 2.50 bits per heavy atom. The van der Waals surface area contributed by atoms with Gasteiger partial charge in [-0.05, 0) is 0 Å². The van der Waals surface area contributed by atoms with Crippen LogP contribution < -0.4 is 11.2 Å². The Kier molecular flexibility index (Phi) is 1.94. The first-order valence-electron chi connectivity index (χ1n) is 3.95. The third-order valence-corrected chi connectivity index (χ3v) is 1.75. The zero-order chi connectivity index (χ0) is 11.9. The number of fused-ring (bicyclic) bond motifs is 1. The SMILES string of the molecule is O=C(O)c1nc2c(=O)[nH]c(=O)[nH]c2nc1O. The van der Waals surface area contributed by atoms with E-state index in [2.05, 4.69) is 15.0 Å². The summed E-state index contributed by atoms with van der Waals surface area (Å²) in [5.74, 6) is -2.40. The molecule has 0 aromatic carbocycles. The zero-order valence-electron chi connectivity index (χ0n) is 7.51. The van der Waals surface area contributed by atoms with Gasteiger partial charge < -0.3 is 10.2 Å². The van der Waals surface area contributed by atoms with Crippen LogP contribution in [0.2, 0.25) is 0 Å². The Balaban J connectivity index is 2.96. The van der Waals surface area contributed by atoms with Crippen molar-refractivity contribution in [1.82, 2.24) is 19.9 Å². The van der Waals surface area contributed by atoms with E-state index in [-0.39, 0.29) is 11.2 Å². The highest BCUT2D eigenvalue weighted by Gasteiger charge is 2.16. The van der Waals surface area contributed by atoms with E-state index in [9.17, 15) is 19.5 Å². The first-order chi connectivity index (χ1) is 7.49. The van der Waals surface area contributed by atoms with Crippen LogP contribution in [0.5, 0.6) is 5.88 Å². The van der Waals surface area contributed by atoms with E-state index in [0.717, 1.165) is 0 Å². The van der Waals surface area contributed by atoms with Gasteiger partial charge in [0.15, 0.2) is 11.2 Å². The molecule has 0 spiro atoms. The minimum Gasteiger partial charge on any atom is -0.491 e. The highest BCUT2D eigenvalue weighted by atomic mass is 16.4. The van der Waals surface area contributed by atoms with Gasteiger partial charge in [-0.25, -0.2) is 14.6 Å². The van der Waals surface area contributed by atoms with Gasteiger partial charge in [-0.3, -0.25) is 14.8 Å². The number of nitrogens with one attached hydrogen (secondary N) is 2. The van der Waals surface area contributed by atoms with Crippen LogP contribution >= 0.6 is 0 Å². The van der Waals surface area contributed by atoms with Gasteiger partial charge in [-0.1, -0.05) is 0 Å². The molecule has 0 aliphatic heterocycles. The third kappa shape index (κ3) is 1.39. The number of rotatable bonds is 1. The minimum atomic E-state index is -1.53. The molecule has 16 heavy (non-hydrogen) atoms. The number of carboxylic acids is 1. The van der Waals surface area contributed by atoms with Crippen LogP contribution in [0.15, 0.2) is 9.59 Å². The lowest BCUT2D eigenvalue weighted by molar-refractivity contribution is 0.0686. The summed E-state index contributed by atoms with van der Waals surface area (Å²) in [4.78, 5) is 43.4. The lowest BCUT2D eigenvalue weighted by atomic mass is 10.4. The third-order valence-electron chi connectivity index (χ3n) is 1.75. The maximum atomic E-state index is 11.2. The van der Waals surface area contributed by atoms with Crippen LogP contribution in [0.3, 0.4) is 0 Å². The lowest BCUT2D eigenvalue weighted by Crippen LogP contribution is -2.24. The van der Waals surface area contributed by atoms with Crippen LogP contribution in [-0.2, 0) is 0 Å². The topological polar surface area (TPSA) is 149 Å². The molecule has 0 aliphatic rings. The molecule has 0 unspecified atom stereocenters. The summed E-state index contributed by atoms with van der Waals surface area (Å²) in [6.07, 6.45) is 0. The Labute approximate surface area is 85.4 Å². The molecule has 0 aliphatic carbocycles. The lowest BCUT2D eigenvalue weighted by Gasteiger charge is -1.99. The molecule has 9 heteroatoms. The van der Waals surface area contributed by atoms with Crippen molar-refractivity contribution in [2.24, 2.45) is 0 Å². The van der Waals surface area contributed by atoms with Crippen LogP contribution in [0.1, 0.15) is 10.5 Å². The summed E-state index contributed by atoms with van der Waals surface area (Å²) in [5.41, 5.74) is -3.11. The van der Waals surface area contributed by atoms with E-state index in [1.807, 2.05) is 4.98 Å². The Hall–Kier alpha value is -2.71. The predicted molar refractivity (Wildman–Crippen MR) is 49.4 cm³/mol. The average Bonchev–Trinajstić information content (AvgIpc) is 2.15. The summed E-state index contributed by atoms with van der Waals surface area (Å²) in [5, 5.41) is 17.8. The molecule has 82 valence electrons. The fourth-order valence-corrected chi connectivity index (χ4v) is 1.12. The summed E-state index contributed by atoms with van der Waals surface area (Å²) in [6, 6.07) is 0. The number of carboxylic acid groups (broad SMARTS) is 1. The number of aromatic nitrogens is 4. The van der Waals surface area contributed by atoms with Gasteiger partial charge >= 0.3 is 11.7 Å². The smallest absolute Gasteiger partial charge is 0.360 e. The van der Waals surface area contributed by atoms with Crippen LogP contribution in [0, 0.1) is 0 Å². The molecule has 0 fully saturated rings. The number of hydrogen-bond donors (Lipinski definition) is 4. The second-order valence-electron chi connectivity index (χ2n) is 2.81. The van der Waals surface area contributed by atoms with Crippen molar-refractivity contribution in [3.8, 4) is 5.88 Å². The number of aromatic amines is 2.